The van der Waals surface area contributed by atoms with Crippen LogP contribution in [0.1, 0.15) is 0 Å². The van der Waals surface area contributed by atoms with E-state index in [1.807, 2.05) is 0 Å². The van der Waals surface area contributed by atoms with Gasteiger partial charge in [0.15, 0.2) is 0 Å². The Hall–Kier alpha value is 0.0800. The van der Waals surface area contributed by atoms with E-state index in [-0.39, 0.29) is 0 Å². The topological polar surface area (TPSA) is 18.8 Å². The lowest BCUT2D eigenvalue weighted by Crippen LogP contribution is -2.17. The van der Waals surface area contributed by atoms with Crippen LogP contribution >= 0.6 is 7.67 Å². The van der Waals surface area contributed by atoms with Gasteiger partial charge in [-0.25, -0.2) is 9.34 Å². The van der Waals surface area contributed by atoms with Crippen molar-refractivity contribution in [2.75, 3.05) is 35.2 Å². The monoisotopic (exact) mass is 167 g/mol. The van der Waals surface area contributed by atoms with Crippen LogP contribution in [0.2, 0.25) is 0 Å². The van der Waals surface area contributed by atoms with E-state index in [1.54, 1.807) is 28.2 Å². The summed E-state index contributed by atoms with van der Waals surface area (Å²) in [7, 11) is 5.49. The Balaban J connectivity index is 4.59. The molecular formula is C5H15FN3P. The number of halogens is 1. The van der Waals surface area contributed by atoms with E-state index in [0.717, 1.165) is 0 Å². The fourth-order valence-electron chi connectivity index (χ4n) is 0.716. The minimum absolute atomic E-state index is 1.51. The van der Waals surface area contributed by atoms with Crippen molar-refractivity contribution in [2.45, 2.75) is 0 Å². The standard InChI is InChI=1S/C5H15FN3P/c1-7-10(6,8(2)3)9(4)5/h1-5H3. The maximum atomic E-state index is 13.6. The zero-order chi connectivity index (χ0) is 8.36. The van der Waals surface area contributed by atoms with Crippen molar-refractivity contribution in [3.63, 3.8) is 0 Å². The molecule has 0 saturated heterocycles. The number of rotatable bonds is 2. The van der Waals surface area contributed by atoms with Crippen LogP contribution in [0.3, 0.4) is 0 Å². The second-order valence-corrected chi connectivity index (χ2v) is 5.38. The fourth-order valence-corrected chi connectivity index (χ4v) is 2.15. The molecule has 0 atom stereocenters. The van der Waals surface area contributed by atoms with E-state index in [2.05, 4.69) is 4.74 Å². The van der Waals surface area contributed by atoms with Crippen molar-refractivity contribution in [3.05, 3.63) is 0 Å². The number of hydrogen-bond acceptors (Lipinski definition) is 1. The van der Waals surface area contributed by atoms with E-state index in [0.29, 0.717) is 0 Å². The molecule has 0 bridgehead atoms. The molecule has 0 aromatic heterocycles. The van der Waals surface area contributed by atoms with Crippen molar-refractivity contribution >= 4 is 7.67 Å². The summed E-state index contributed by atoms with van der Waals surface area (Å²) in [6.07, 6.45) is 0. The first-order valence-electron chi connectivity index (χ1n) is 3.01. The van der Waals surface area contributed by atoms with E-state index in [1.165, 1.54) is 16.4 Å². The second-order valence-electron chi connectivity index (χ2n) is 2.39. The Morgan fingerprint density at radius 1 is 1.10 bits per heavy atom. The smallest absolute Gasteiger partial charge is 0.250 e. The fraction of sp³-hybridized carbons (Fsp3) is 1.00. The van der Waals surface area contributed by atoms with Crippen LogP contribution < -0.4 is 0 Å². The van der Waals surface area contributed by atoms with Crippen molar-refractivity contribution < 1.29 is 4.20 Å². The molecule has 0 heterocycles. The maximum absolute atomic E-state index is 13.6. The van der Waals surface area contributed by atoms with Gasteiger partial charge < -0.3 is 0 Å². The second kappa shape index (κ2) is 3.46. The summed E-state index contributed by atoms with van der Waals surface area (Å²) in [6.45, 7) is 0. The van der Waals surface area contributed by atoms with Gasteiger partial charge in [0.05, 0.1) is 0 Å². The van der Waals surface area contributed by atoms with Crippen LogP contribution in [-0.4, -0.2) is 44.6 Å². The molecule has 0 rings (SSSR count). The first kappa shape index (κ1) is 10.1. The Bertz CT molecular complexity index is 143. The lowest BCUT2D eigenvalue weighted by Gasteiger charge is -2.27. The first-order valence-corrected chi connectivity index (χ1v) is 4.54. The van der Waals surface area contributed by atoms with Gasteiger partial charge in [0.25, 0.3) is 7.67 Å². The molecule has 0 aromatic carbocycles. The van der Waals surface area contributed by atoms with Gasteiger partial charge in [-0.15, -0.1) is 0 Å². The van der Waals surface area contributed by atoms with Gasteiger partial charge in [0.1, 0.15) is 0 Å². The van der Waals surface area contributed by atoms with E-state index in [9.17, 15) is 4.20 Å². The molecule has 5 heteroatoms. The molecule has 0 amide bonds. The lowest BCUT2D eigenvalue weighted by molar-refractivity contribution is 0.501. The van der Waals surface area contributed by atoms with Gasteiger partial charge in [-0.05, 0) is 28.2 Å². The molecule has 0 aliphatic heterocycles. The summed E-state index contributed by atoms with van der Waals surface area (Å²) in [4.78, 5) is 0. The summed E-state index contributed by atoms with van der Waals surface area (Å²) >= 11 is 0. The SMILES string of the molecule is CN=P(F)(N(C)C)N(C)C. The molecule has 0 spiro atoms. The van der Waals surface area contributed by atoms with Gasteiger partial charge in [0.2, 0.25) is 0 Å². The van der Waals surface area contributed by atoms with E-state index in [4.69, 9.17) is 0 Å². The Morgan fingerprint density at radius 2 is 1.40 bits per heavy atom. The van der Waals surface area contributed by atoms with Gasteiger partial charge in [-0.1, -0.05) is 0 Å². The van der Waals surface area contributed by atoms with Crippen LogP contribution in [-0.2, 0) is 0 Å². The highest BCUT2D eigenvalue weighted by molar-refractivity contribution is 7.56. The van der Waals surface area contributed by atoms with Crippen molar-refractivity contribution in [1.29, 1.82) is 0 Å². The van der Waals surface area contributed by atoms with E-state index >= 15 is 0 Å². The summed E-state index contributed by atoms with van der Waals surface area (Å²) < 4.78 is 20.3. The Morgan fingerprint density at radius 3 is 1.40 bits per heavy atom. The molecular weight excluding hydrogens is 152 g/mol. The molecule has 0 saturated carbocycles. The first-order chi connectivity index (χ1) is 4.45. The van der Waals surface area contributed by atoms with Crippen LogP contribution in [0.4, 0.5) is 4.20 Å². The van der Waals surface area contributed by atoms with Gasteiger partial charge in [-0.2, -0.15) is 4.20 Å². The Labute approximate surface area is 62.1 Å². The van der Waals surface area contributed by atoms with Crippen LogP contribution in [0.25, 0.3) is 0 Å². The third-order valence-corrected chi connectivity index (χ3v) is 3.82. The normalized spacial score (nSPS) is 12.8. The molecule has 0 radical (unpaired) electrons. The third-order valence-electron chi connectivity index (χ3n) is 1.27. The highest BCUT2D eigenvalue weighted by atomic mass is 31.2. The highest BCUT2D eigenvalue weighted by Gasteiger charge is 2.22. The van der Waals surface area contributed by atoms with Crippen LogP contribution in [0, 0.1) is 0 Å². The van der Waals surface area contributed by atoms with E-state index < -0.39 is 7.67 Å². The number of nitrogens with zero attached hydrogens (tertiary/aromatic N) is 3. The summed E-state index contributed by atoms with van der Waals surface area (Å²) in [6, 6.07) is 0. The molecule has 0 aromatic rings. The molecule has 0 N–H and O–H groups in total. The summed E-state index contributed by atoms with van der Waals surface area (Å²) in [5.41, 5.74) is 0. The Kier molecular flexibility index (Phi) is 3.49. The summed E-state index contributed by atoms with van der Waals surface area (Å²) in [5.74, 6) is 0. The molecule has 3 nitrogen and oxygen atoms in total. The summed E-state index contributed by atoms with van der Waals surface area (Å²) in [5, 5.41) is 0. The molecule has 0 unspecified atom stereocenters. The quantitative estimate of drug-likeness (QED) is 0.582. The molecule has 62 valence electrons. The van der Waals surface area contributed by atoms with Gasteiger partial charge in [-0.3, -0.25) is 4.74 Å². The van der Waals surface area contributed by atoms with Crippen molar-refractivity contribution in [1.82, 2.24) is 9.34 Å². The zero-order valence-electron chi connectivity index (χ0n) is 7.17. The largest absolute Gasteiger partial charge is 0.267 e. The minimum Gasteiger partial charge on any atom is -0.250 e. The predicted molar refractivity (Wildman–Crippen MR) is 43.8 cm³/mol. The minimum atomic E-state index is -2.80. The van der Waals surface area contributed by atoms with Crippen molar-refractivity contribution in [2.24, 2.45) is 4.74 Å². The zero-order valence-corrected chi connectivity index (χ0v) is 8.06. The number of hydrogen-bond donors (Lipinski definition) is 0. The van der Waals surface area contributed by atoms with Crippen LogP contribution in [0.15, 0.2) is 4.74 Å². The molecule has 0 aliphatic carbocycles. The molecule has 0 aliphatic rings. The maximum Gasteiger partial charge on any atom is 0.267 e. The highest BCUT2D eigenvalue weighted by Crippen LogP contribution is 2.53. The molecule has 10 heavy (non-hydrogen) atoms. The predicted octanol–water partition coefficient (Wildman–Crippen LogP) is 1.66. The average Bonchev–Trinajstić information content (AvgIpc) is 1.85. The van der Waals surface area contributed by atoms with Gasteiger partial charge in [0, 0.05) is 7.05 Å². The van der Waals surface area contributed by atoms with Crippen LogP contribution in [0.5, 0.6) is 0 Å². The van der Waals surface area contributed by atoms with Crippen molar-refractivity contribution in [3.8, 4) is 0 Å². The third kappa shape index (κ3) is 1.78. The average molecular weight is 167 g/mol. The van der Waals surface area contributed by atoms with Gasteiger partial charge >= 0.3 is 0 Å². The molecule has 0 fully saturated rings. The lowest BCUT2D eigenvalue weighted by atomic mass is 11.3.